The number of ether oxygens (including phenoxy) is 1. The van der Waals surface area contributed by atoms with Crippen molar-refractivity contribution in [2.24, 2.45) is 7.05 Å². The summed E-state index contributed by atoms with van der Waals surface area (Å²) in [4.78, 5) is 12.6. The van der Waals surface area contributed by atoms with Gasteiger partial charge in [0.2, 0.25) is 0 Å². The molecule has 0 spiro atoms. The molecule has 0 fully saturated rings. The molecule has 0 aliphatic rings. The maximum Gasteiger partial charge on any atom is 0.255 e. The van der Waals surface area contributed by atoms with E-state index in [9.17, 15) is 9.18 Å². The maximum atomic E-state index is 14.7. The van der Waals surface area contributed by atoms with E-state index in [1.165, 1.54) is 10.7 Å². The molecule has 4 rings (SSSR count). The van der Waals surface area contributed by atoms with E-state index in [4.69, 9.17) is 16.3 Å². The Morgan fingerprint density at radius 2 is 1.82 bits per heavy atom. The Morgan fingerprint density at radius 1 is 1.09 bits per heavy atom. The van der Waals surface area contributed by atoms with Crippen LogP contribution < -0.4 is 10.1 Å². The molecule has 170 valence electrons. The highest BCUT2D eigenvalue weighted by Crippen LogP contribution is 2.25. The largest absolute Gasteiger partial charge is 0.487 e. The van der Waals surface area contributed by atoms with Gasteiger partial charge in [0.15, 0.2) is 5.82 Å². The van der Waals surface area contributed by atoms with Gasteiger partial charge in [0, 0.05) is 24.0 Å². The highest BCUT2D eigenvalue weighted by molar-refractivity contribution is 6.31. The molecule has 0 aliphatic carbocycles. The number of rotatable bonds is 6. The molecule has 2 aromatic carbocycles. The Labute approximate surface area is 195 Å². The number of aromatic nitrogens is 4. The van der Waals surface area contributed by atoms with Gasteiger partial charge in [-0.1, -0.05) is 11.6 Å². The van der Waals surface area contributed by atoms with E-state index in [0.29, 0.717) is 40.0 Å². The van der Waals surface area contributed by atoms with E-state index in [-0.39, 0.29) is 11.6 Å². The zero-order chi connectivity index (χ0) is 23.7. The number of hydrogen-bond acceptors (Lipinski definition) is 4. The lowest BCUT2D eigenvalue weighted by Gasteiger charge is -2.10. The number of carbonyl (C=O) groups is 1. The Morgan fingerprint density at radius 3 is 2.39 bits per heavy atom. The van der Waals surface area contributed by atoms with Crippen LogP contribution >= 0.6 is 11.6 Å². The minimum absolute atomic E-state index is 0.255. The van der Waals surface area contributed by atoms with Crippen LogP contribution in [0, 0.1) is 26.6 Å². The predicted molar refractivity (Wildman–Crippen MR) is 125 cm³/mol. The number of benzene rings is 2. The molecule has 1 N–H and O–H groups in total. The SMILES string of the molecule is Cc1nn(-c2ccc(NC(=O)c3ccc(OCc4cc(C)n(C)n4)cc3)cc2F)c(C)c1Cl. The normalized spacial score (nSPS) is 11.0. The summed E-state index contributed by atoms with van der Waals surface area (Å²) in [5, 5.41) is 11.8. The van der Waals surface area contributed by atoms with Gasteiger partial charge in [-0.05, 0) is 69.3 Å². The summed E-state index contributed by atoms with van der Waals surface area (Å²) in [6.07, 6.45) is 0. The van der Waals surface area contributed by atoms with Crippen LogP contribution in [-0.2, 0) is 13.7 Å². The number of carbonyl (C=O) groups excluding carboxylic acids is 1. The standard InChI is InChI=1S/C24H23ClFN5O2/c1-14-11-19(29-30(14)4)13-33-20-8-5-17(6-9-20)24(32)27-18-7-10-22(21(26)12-18)31-16(3)23(25)15(2)28-31/h5-12H,13H2,1-4H3,(H,27,32). The molecule has 4 aromatic rings. The van der Waals surface area contributed by atoms with Crippen LogP contribution in [0.25, 0.3) is 5.69 Å². The van der Waals surface area contributed by atoms with Crippen LogP contribution in [0.3, 0.4) is 0 Å². The van der Waals surface area contributed by atoms with Gasteiger partial charge in [-0.15, -0.1) is 0 Å². The molecule has 0 atom stereocenters. The molecule has 0 bridgehead atoms. The third-order valence-corrected chi connectivity index (χ3v) is 5.85. The molecule has 1 amide bonds. The van der Waals surface area contributed by atoms with Gasteiger partial charge >= 0.3 is 0 Å². The Bertz CT molecular complexity index is 1310. The molecule has 2 aromatic heterocycles. The summed E-state index contributed by atoms with van der Waals surface area (Å²) in [7, 11) is 1.88. The first-order valence-corrected chi connectivity index (χ1v) is 10.7. The lowest BCUT2D eigenvalue weighted by Crippen LogP contribution is -2.12. The van der Waals surface area contributed by atoms with Crippen LogP contribution in [0.2, 0.25) is 5.02 Å². The highest BCUT2D eigenvalue weighted by atomic mass is 35.5. The minimum Gasteiger partial charge on any atom is -0.487 e. The first-order chi connectivity index (χ1) is 15.7. The number of halogens is 2. The molecule has 0 aliphatic heterocycles. The van der Waals surface area contributed by atoms with Crippen molar-refractivity contribution >= 4 is 23.2 Å². The average molecular weight is 468 g/mol. The zero-order valence-electron chi connectivity index (χ0n) is 18.7. The van der Waals surface area contributed by atoms with E-state index >= 15 is 0 Å². The van der Waals surface area contributed by atoms with E-state index in [1.807, 2.05) is 20.0 Å². The molecular weight excluding hydrogens is 445 g/mol. The quantitative estimate of drug-likeness (QED) is 0.425. The summed E-state index contributed by atoms with van der Waals surface area (Å²) in [6.45, 7) is 5.83. The minimum atomic E-state index is -0.524. The number of anilines is 1. The topological polar surface area (TPSA) is 74.0 Å². The van der Waals surface area contributed by atoms with Crippen molar-refractivity contribution in [2.75, 3.05) is 5.32 Å². The van der Waals surface area contributed by atoms with Crippen LogP contribution in [0.4, 0.5) is 10.1 Å². The van der Waals surface area contributed by atoms with E-state index in [2.05, 4.69) is 15.5 Å². The van der Waals surface area contributed by atoms with Crippen molar-refractivity contribution in [3.05, 3.63) is 87.7 Å². The second-order valence-corrected chi connectivity index (χ2v) is 8.11. The average Bonchev–Trinajstić information content (AvgIpc) is 3.25. The summed E-state index contributed by atoms with van der Waals surface area (Å²) >= 11 is 6.16. The van der Waals surface area contributed by atoms with Crippen LogP contribution in [0.5, 0.6) is 5.75 Å². The molecular formula is C24H23ClFN5O2. The Balaban J connectivity index is 1.41. The number of hydrogen-bond donors (Lipinski definition) is 1. The summed E-state index contributed by atoms with van der Waals surface area (Å²) in [5.41, 5.74) is 4.14. The van der Waals surface area contributed by atoms with E-state index < -0.39 is 5.82 Å². The van der Waals surface area contributed by atoms with Gasteiger partial charge < -0.3 is 10.1 Å². The molecule has 0 unspecified atom stereocenters. The summed E-state index contributed by atoms with van der Waals surface area (Å²) < 4.78 is 23.7. The molecule has 2 heterocycles. The van der Waals surface area contributed by atoms with Gasteiger partial charge in [-0.2, -0.15) is 10.2 Å². The van der Waals surface area contributed by atoms with Gasteiger partial charge in [0.05, 0.1) is 16.4 Å². The Hall–Kier alpha value is -3.65. The molecule has 0 saturated heterocycles. The molecule has 0 radical (unpaired) electrons. The third kappa shape index (κ3) is 4.75. The van der Waals surface area contributed by atoms with Crippen molar-refractivity contribution in [1.82, 2.24) is 19.6 Å². The number of aryl methyl sites for hydroxylation is 3. The van der Waals surface area contributed by atoms with Crippen LogP contribution in [0.1, 0.15) is 33.1 Å². The van der Waals surface area contributed by atoms with Crippen molar-refractivity contribution < 1.29 is 13.9 Å². The van der Waals surface area contributed by atoms with Gasteiger partial charge in [0.25, 0.3) is 5.91 Å². The molecule has 0 saturated carbocycles. The fraction of sp³-hybridized carbons (Fsp3) is 0.208. The summed E-state index contributed by atoms with van der Waals surface area (Å²) in [5.74, 6) is -0.263. The first-order valence-electron chi connectivity index (χ1n) is 10.3. The Kier molecular flexibility index (Phi) is 6.20. The lowest BCUT2D eigenvalue weighted by molar-refractivity contribution is 0.102. The molecule has 9 heteroatoms. The van der Waals surface area contributed by atoms with Gasteiger partial charge in [-0.3, -0.25) is 9.48 Å². The number of nitrogens with zero attached hydrogens (tertiary/aromatic N) is 4. The smallest absolute Gasteiger partial charge is 0.255 e. The summed E-state index contributed by atoms with van der Waals surface area (Å²) in [6, 6.07) is 13.1. The second kappa shape index (κ2) is 9.07. The molecule has 7 nitrogen and oxygen atoms in total. The van der Waals surface area contributed by atoms with Crippen LogP contribution in [0.15, 0.2) is 48.5 Å². The van der Waals surface area contributed by atoms with Crippen LogP contribution in [-0.4, -0.2) is 25.5 Å². The maximum absolute atomic E-state index is 14.7. The highest BCUT2D eigenvalue weighted by Gasteiger charge is 2.15. The third-order valence-electron chi connectivity index (χ3n) is 5.30. The van der Waals surface area contributed by atoms with Crippen molar-refractivity contribution in [1.29, 1.82) is 0 Å². The van der Waals surface area contributed by atoms with Gasteiger partial charge in [0.1, 0.15) is 23.7 Å². The monoisotopic (exact) mass is 467 g/mol. The van der Waals surface area contributed by atoms with Crippen molar-refractivity contribution in [2.45, 2.75) is 27.4 Å². The number of amides is 1. The number of nitrogens with one attached hydrogen (secondary N) is 1. The van der Waals surface area contributed by atoms with Gasteiger partial charge in [-0.25, -0.2) is 9.07 Å². The van der Waals surface area contributed by atoms with Crippen molar-refractivity contribution in [3.8, 4) is 11.4 Å². The first kappa shape index (κ1) is 22.5. The van der Waals surface area contributed by atoms with E-state index in [1.54, 1.807) is 54.9 Å². The van der Waals surface area contributed by atoms with E-state index in [0.717, 1.165) is 11.4 Å². The fourth-order valence-corrected chi connectivity index (χ4v) is 3.50. The lowest BCUT2D eigenvalue weighted by atomic mass is 10.2. The molecule has 33 heavy (non-hydrogen) atoms. The predicted octanol–water partition coefficient (Wildman–Crippen LogP) is 5.15. The second-order valence-electron chi connectivity index (χ2n) is 7.73. The fourth-order valence-electron chi connectivity index (χ4n) is 3.38. The zero-order valence-corrected chi connectivity index (χ0v) is 19.4. The van der Waals surface area contributed by atoms with Crippen molar-refractivity contribution in [3.63, 3.8) is 0 Å².